The Kier molecular flexibility index (Phi) is 5.36. The molecule has 2 aromatic carbocycles. The average Bonchev–Trinajstić information content (AvgIpc) is 2.59. The van der Waals surface area contributed by atoms with Crippen molar-refractivity contribution in [2.24, 2.45) is 0 Å². The predicted octanol–water partition coefficient (Wildman–Crippen LogP) is 4.42. The van der Waals surface area contributed by atoms with E-state index in [9.17, 15) is 4.39 Å². The molecule has 6 heteroatoms. The van der Waals surface area contributed by atoms with Crippen LogP contribution in [0.15, 0.2) is 46.9 Å². The van der Waals surface area contributed by atoms with Crippen molar-refractivity contribution in [1.82, 2.24) is 4.90 Å². The van der Waals surface area contributed by atoms with E-state index in [1.807, 2.05) is 24.3 Å². The minimum Gasteiger partial charge on any atom is -0.368 e. The first kappa shape index (κ1) is 17.2. The summed E-state index contributed by atoms with van der Waals surface area (Å²) in [4.78, 5) is 4.43. The number of benzene rings is 2. The molecule has 2 aromatic rings. The summed E-state index contributed by atoms with van der Waals surface area (Å²) in [6, 6.07) is 12.8. The van der Waals surface area contributed by atoms with Gasteiger partial charge in [0.1, 0.15) is 5.82 Å². The fourth-order valence-corrected chi connectivity index (χ4v) is 3.29. The lowest BCUT2D eigenvalue weighted by Gasteiger charge is -2.37. The van der Waals surface area contributed by atoms with Gasteiger partial charge in [0.2, 0.25) is 0 Å². The molecule has 0 radical (unpaired) electrons. The van der Waals surface area contributed by atoms with Crippen molar-refractivity contribution in [2.45, 2.75) is 6.92 Å². The van der Waals surface area contributed by atoms with Gasteiger partial charge in [0.05, 0.1) is 0 Å². The summed E-state index contributed by atoms with van der Waals surface area (Å²) in [6.45, 7) is 5.48. The number of nitrogens with one attached hydrogen (secondary N) is 1. The first-order valence-electron chi connectivity index (χ1n) is 7.85. The van der Waals surface area contributed by atoms with Crippen molar-refractivity contribution in [3.8, 4) is 0 Å². The van der Waals surface area contributed by atoms with E-state index in [-0.39, 0.29) is 5.82 Å². The highest BCUT2D eigenvalue weighted by molar-refractivity contribution is 9.10. The van der Waals surface area contributed by atoms with Crippen LogP contribution in [0.2, 0.25) is 0 Å². The molecule has 1 fully saturated rings. The Labute approximate surface area is 155 Å². The monoisotopic (exact) mass is 407 g/mol. The first-order chi connectivity index (χ1) is 11.5. The second-order valence-corrected chi connectivity index (χ2v) is 7.09. The molecule has 0 bridgehead atoms. The van der Waals surface area contributed by atoms with Crippen LogP contribution in [0, 0.1) is 12.7 Å². The molecule has 1 aliphatic heterocycles. The summed E-state index contributed by atoms with van der Waals surface area (Å²) >= 11 is 9.04. The molecule has 24 heavy (non-hydrogen) atoms. The second-order valence-electron chi connectivity index (χ2n) is 5.84. The van der Waals surface area contributed by atoms with Crippen molar-refractivity contribution in [2.75, 3.05) is 36.4 Å². The van der Waals surface area contributed by atoms with Crippen LogP contribution in [-0.4, -0.2) is 36.2 Å². The minimum absolute atomic E-state index is 0.201. The van der Waals surface area contributed by atoms with Gasteiger partial charge in [-0.2, -0.15) is 0 Å². The van der Waals surface area contributed by atoms with Crippen LogP contribution < -0.4 is 10.2 Å². The molecule has 0 unspecified atom stereocenters. The maximum atomic E-state index is 13.0. The van der Waals surface area contributed by atoms with Crippen LogP contribution in [0.5, 0.6) is 0 Å². The quantitative estimate of drug-likeness (QED) is 0.742. The van der Waals surface area contributed by atoms with Gasteiger partial charge in [0.25, 0.3) is 0 Å². The Morgan fingerprint density at radius 1 is 1.08 bits per heavy atom. The number of halogens is 2. The third-order valence-corrected chi connectivity index (χ3v) is 5.42. The number of anilines is 2. The van der Waals surface area contributed by atoms with E-state index >= 15 is 0 Å². The van der Waals surface area contributed by atoms with Crippen LogP contribution in [0.3, 0.4) is 0 Å². The van der Waals surface area contributed by atoms with Gasteiger partial charge in [-0.05, 0) is 67.2 Å². The highest BCUT2D eigenvalue weighted by Crippen LogP contribution is 2.21. The molecule has 1 aliphatic rings. The zero-order valence-electron chi connectivity index (χ0n) is 13.4. The summed E-state index contributed by atoms with van der Waals surface area (Å²) in [5.41, 5.74) is 3.23. The van der Waals surface area contributed by atoms with Crippen molar-refractivity contribution in [1.29, 1.82) is 0 Å². The number of aryl methyl sites for hydroxylation is 1. The Morgan fingerprint density at radius 3 is 2.38 bits per heavy atom. The Bertz CT molecular complexity index is 728. The van der Waals surface area contributed by atoms with Crippen LogP contribution in [-0.2, 0) is 0 Å². The summed E-state index contributed by atoms with van der Waals surface area (Å²) in [6.07, 6.45) is 0. The first-order valence-corrected chi connectivity index (χ1v) is 9.05. The predicted molar refractivity (Wildman–Crippen MR) is 105 cm³/mol. The Hall–Kier alpha value is -1.66. The summed E-state index contributed by atoms with van der Waals surface area (Å²) in [5.74, 6) is -0.201. The molecular formula is C18H19BrFN3S. The van der Waals surface area contributed by atoms with Crippen molar-refractivity contribution < 1.29 is 4.39 Å². The number of rotatable bonds is 2. The SMILES string of the molecule is Cc1cc(NC(=S)N2CCN(c3ccc(F)cc3)CC2)ccc1Br. The lowest BCUT2D eigenvalue weighted by molar-refractivity contribution is 0.391. The van der Waals surface area contributed by atoms with Gasteiger partial charge in [-0.25, -0.2) is 4.39 Å². The van der Waals surface area contributed by atoms with E-state index in [1.165, 1.54) is 17.7 Å². The molecule has 0 aromatic heterocycles. The zero-order valence-corrected chi connectivity index (χ0v) is 15.8. The molecular weight excluding hydrogens is 389 g/mol. The molecule has 1 N–H and O–H groups in total. The summed E-state index contributed by atoms with van der Waals surface area (Å²) in [5, 5.41) is 4.06. The third-order valence-electron chi connectivity index (χ3n) is 4.17. The minimum atomic E-state index is -0.201. The van der Waals surface area contributed by atoms with Gasteiger partial charge in [-0.3, -0.25) is 0 Å². The van der Waals surface area contributed by atoms with E-state index < -0.39 is 0 Å². The molecule has 126 valence electrons. The molecule has 1 heterocycles. The van der Waals surface area contributed by atoms with Gasteiger partial charge < -0.3 is 15.1 Å². The second kappa shape index (κ2) is 7.49. The normalized spacial score (nSPS) is 14.6. The van der Waals surface area contributed by atoms with Gasteiger partial charge in [0, 0.05) is 42.0 Å². The lowest BCUT2D eigenvalue weighted by atomic mass is 10.2. The van der Waals surface area contributed by atoms with Crippen molar-refractivity contribution in [3.05, 3.63) is 58.3 Å². The molecule has 0 spiro atoms. The van der Waals surface area contributed by atoms with E-state index in [1.54, 1.807) is 0 Å². The van der Waals surface area contributed by atoms with E-state index in [2.05, 4.69) is 44.0 Å². The standard InChI is InChI=1S/C18H19BrFN3S/c1-13-12-15(4-7-17(13)19)21-18(24)23-10-8-22(9-11-23)16-5-2-14(20)3-6-16/h2-7,12H,8-11H2,1H3,(H,21,24). The number of hydrogen-bond acceptors (Lipinski definition) is 2. The number of thiocarbonyl (C=S) groups is 1. The maximum absolute atomic E-state index is 13.0. The largest absolute Gasteiger partial charge is 0.368 e. The maximum Gasteiger partial charge on any atom is 0.173 e. The highest BCUT2D eigenvalue weighted by Gasteiger charge is 2.19. The fraction of sp³-hybridized carbons (Fsp3) is 0.278. The number of hydrogen-bond donors (Lipinski definition) is 1. The summed E-state index contributed by atoms with van der Waals surface area (Å²) in [7, 11) is 0. The number of piperazine rings is 1. The van der Waals surface area contributed by atoms with E-state index in [4.69, 9.17) is 12.2 Å². The molecule has 3 rings (SSSR count). The lowest BCUT2D eigenvalue weighted by Crippen LogP contribution is -2.50. The molecule has 0 atom stereocenters. The third kappa shape index (κ3) is 4.05. The van der Waals surface area contributed by atoms with Crippen LogP contribution in [0.4, 0.5) is 15.8 Å². The zero-order chi connectivity index (χ0) is 17.1. The number of nitrogens with zero attached hydrogens (tertiary/aromatic N) is 2. The molecule has 1 saturated heterocycles. The molecule has 3 nitrogen and oxygen atoms in total. The smallest absolute Gasteiger partial charge is 0.173 e. The topological polar surface area (TPSA) is 18.5 Å². The average molecular weight is 408 g/mol. The van der Waals surface area contributed by atoms with Gasteiger partial charge in [-0.15, -0.1) is 0 Å². The van der Waals surface area contributed by atoms with Crippen molar-refractivity contribution in [3.63, 3.8) is 0 Å². The fourth-order valence-electron chi connectivity index (χ4n) is 2.74. The van der Waals surface area contributed by atoms with Crippen molar-refractivity contribution >= 4 is 44.6 Å². The molecule has 0 saturated carbocycles. The van der Waals surface area contributed by atoms with Gasteiger partial charge in [0.15, 0.2) is 5.11 Å². The van der Waals surface area contributed by atoms with Crippen LogP contribution in [0.25, 0.3) is 0 Å². The van der Waals surface area contributed by atoms with Gasteiger partial charge >= 0.3 is 0 Å². The molecule has 0 aliphatic carbocycles. The van der Waals surface area contributed by atoms with Crippen LogP contribution >= 0.6 is 28.1 Å². The Balaban J connectivity index is 1.56. The van der Waals surface area contributed by atoms with Crippen LogP contribution in [0.1, 0.15) is 5.56 Å². The van der Waals surface area contributed by atoms with Gasteiger partial charge in [-0.1, -0.05) is 15.9 Å². The van der Waals surface area contributed by atoms with E-state index in [0.29, 0.717) is 0 Å². The highest BCUT2D eigenvalue weighted by atomic mass is 79.9. The Morgan fingerprint density at radius 2 is 1.75 bits per heavy atom. The van der Waals surface area contributed by atoms with E-state index in [0.717, 1.165) is 47.1 Å². The summed E-state index contributed by atoms with van der Waals surface area (Å²) < 4.78 is 14.1. The molecule has 0 amide bonds.